The maximum absolute atomic E-state index is 6.08. The molecule has 1 aliphatic rings. The number of ether oxygens (including phenoxy) is 1. The van der Waals surface area contributed by atoms with Crippen molar-refractivity contribution in [3.8, 4) is 5.75 Å². The number of hydrogen-bond acceptors (Lipinski definition) is 6. The van der Waals surface area contributed by atoms with Gasteiger partial charge in [-0.3, -0.25) is 0 Å². The number of nitrogens with zero attached hydrogens (tertiary/aromatic N) is 3. The van der Waals surface area contributed by atoms with Crippen LogP contribution in [0.5, 0.6) is 5.75 Å². The predicted octanol–water partition coefficient (Wildman–Crippen LogP) is 5.79. The molecule has 0 radical (unpaired) electrons. The highest BCUT2D eigenvalue weighted by molar-refractivity contribution is 6.42. The Morgan fingerprint density at radius 3 is 2.53 bits per heavy atom. The Morgan fingerprint density at radius 2 is 1.78 bits per heavy atom. The van der Waals surface area contributed by atoms with Crippen LogP contribution < -0.4 is 15.4 Å². The van der Waals surface area contributed by atoms with Gasteiger partial charge in [0.05, 0.1) is 10.0 Å². The van der Waals surface area contributed by atoms with Crippen LogP contribution in [0, 0.1) is 6.92 Å². The van der Waals surface area contributed by atoms with E-state index in [1.165, 1.54) is 0 Å². The molecule has 32 heavy (non-hydrogen) atoms. The van der Waals surface area contributed by atoms with Gasteiger partial charge in [-0.1, -0.05) is 41.4 Å². The molecule has 0 bridgehead atoms. The SMILES string of the molecule is Cc1cc(NCCN2CCC(Oc3ccc(Cl)c(Cl)c3)CC2)nc(Nc2ccccc2)n1. The van der Waals surface area contributed by atoms with Gasteiger partial charge in [-0.2, -0.15) is 4.98 Å². The van der Waals surface area contributed by atoms with Crippen molar-refractivity contribution in [2.24, 2.45) is 0 Å². The minimum Gasteiger partial charge on any atom is -0.490 e. The number of aryl methyl sites for hydroxylation is 1. The molecule has 3 aromatic rings. The first-order valence-corrected chi connectivity index (χ1v) is 11.6. The van der Waals surface area contributed by atoms with Crippen LogP contribution in [0.4, 0.5) is 17.5 Å². The number of rotatable bonds is 8. The predicted molar refractivity (Wildman–Crippen MR) is 132 cm³/mol. The molecule has 8 heteroatoms. The number of likely N-dealkylation sites (tertiary alicyclic amines) is 1. The summed E-state index contributed by atoms with van der Waals surface area (Å²) in [6.07, 6.45) is 2.17. The third kappa shape index (κ3) is 6.48. The highest BCUT2D eigenvalue weighted by Crippen LogP contribution is 2.28. The fourth-order valence-electron chi connectivity index (χ4n) is 3.70. The molecule has 0 unspecified atom stereocenters. The number of benzene rings is 2. The zero-order valence-electron chi connectivity index (χ0n) is 18.0. The molecule has 2 aromatic carbocycles. The summed E-state index contributed by atoms with van der Waals surface area (Å²) in [6, 6.07) is 17.3. The van der Waals surface area contributed by atoms with Crippen LogP contribution in [0.1, 0.15) is 18.5 Å². The van der Waals surface area contributed by atoms with E-state index in [1.807, 2.05) is 49.4 Å². The Morgan fingerprint density at radius 1 is 1.00 bits per heavy atom. The summed E-state index contributed by atoms with van der Waals surface area (Å²) < 4.78 is 6.08. The average Bonchev–Trinajstić information content (AvgIpc) is 2.78. The minimum atomic E-state index is 0.201. The highest BCUT2D eigenvalue weighted by atomic mass is 35.5. The van der Waals surface area contributed by atoms with Gasteiger partial charge in [-0.05, 0) is 44.0 Å². The molecule has 0 saturated carbocycles. The molecule has 168 valence electrons. The van der Waals surface area contributed by atoms with E-state index in [1.54, 1.807) is 12.1 Å². The third-order valence-electron chi connectivity index (χ3n) is 5.35. The fourth-order valence-corrected chi connectivity index (χ4v) is 3.99. The van der Waals surface area contributed by atoms with Crippen molar-refractivity contribution in [2.75, 3.05) is 36.8 Å². The zero-order valence-corrected chi connectivity index (χ0v) is 19.5. The van der Waals surface area contributed by atoms with Gasteiger partial charge in [0.1, 0.15) is 17.7 Å². The van der Waals surface area contributed by atoms with Gasteiger partial charge in [0.25, 0.3) is 0 Å². The van der Waals surface area contributed by atoms with E-state index in [0.29, 0.717) is 16.0 Å². The maximum Gasteiger partial charge on any atom is 0.229 e. The number of anilines is 3. The number of piperidine rings is 1. The van der Waals surface area contributed by atoms with Crippen LogP contribution in [-0.4, -0.2) is 47.2 Å². The van der Waals surface area contributed by atoms with Crippen LogP contribution in [0.15, 0.2) is 54.6 Å². The third-order valence-corrected chi connectivity index (χ3v) is 6.09. The topological polar surface area (TPSA) is 62.3 Å². The van der Waals surface area contributed by atoms with E-state index >= 15 is 0 Å². The smallest absolute Gasteiger partial charge is 0.229 e. The van der Waals surface area contributed by atoms with Crippen LogP contribution in [0.25, 0.3) is 0 Å². The first-order chi connectivity index (χ1) is 15.5. The second kappa shape index (κ2) is 10.9. The summed E-state index contributed by atoms with van der Waals surface area (Å²) in [4.78, 5) is 11.5. The summed E-state index contributed by atoms with van der Waals surface area (Å²) in [7, 11) is 0. The summed E-state index contributed by atoms with van der Waals surface area (Å²) >= 11 is 12.1. The Labute approximate surface area is 198 Å². The molecule has 1 saturated heterocycles. The molecule has 2 heterocycles. The number of nitrogens with one attached hydrogen (secondary N) is 2. The van der Waals surface area contributed by atoms with E-state index in [9.17, 15) is 0 Å². The molecule has 1 aromatic heterocycles. The van der Waals surface area contributed by atoms with Crippen molar-refractivity contribution in [1.82, 2.24) is 14.9 Å². The molecule has 0 amide bonds. The van der Waals surface area contributed by atoms with Gasteiger partial charge >= 0.3 is 0 Å². The number of aromatic nitrogens is 2. The van der Waals surface area contributed by atoms with Crippen molar-refractivity contribution in [3.63, 3.8) is 0 Å². The van der Waals surface area contributed by atoms with Crippen LogP contribution in [0.3, 0.4) is 0 Å². The van der Waals surface area contributed by atoms with E-state index in [4.69, 9.17) is 27.9 Å². The van der Waals surface area contributed by atoms with E-state index in [0.717, 1.165) is 62.0 Å². The normalized spacial score (nSPS) is 14.8. The summed E-state index contributed by atoms with van der Waals surface area (Å²) in [5, 5.41) is 7.75. The molecule has 0 spiro atoms. The molecular formula is C24H27Cl2N5O. The van der Waals surface area contributed by atoms with Crippen molar-refractivity contribution in [3.05, 3.63) is 70.3 Å². The number of hydrogen-bond donors (Lipinski definition) is 2. The molecule has 0 aliphatic carbocycles. The van der Waals surface area contributed by atoms with Gasteiger partial charge < -0.3 is 20.3 Å². The molecule has 4 rings (SSSR count). The molecule has 6 nitrogen and oxygen atoms in total. The van der Waals surface area contributed by atoms with Gasteiger partial charge in [-0.25, -0.2) is 4.98 Å². The van der Waals surface area contributed by atoms with Gasteiger partial charge in [0.2, 0.25) is 5.95 Å². The fraction of sp³-hybridized carbons (Fsp3) is 0.333. The first-order valence-electron chi connectivity index (χ1n) is 10.8. The standard InChI is InChI=1S/C24H27Cl2N5O/c1-17-15-23(30-24(28-17)29-18-5-3-2-4-6-18)27-11-14-31-12-9-19(10-13-31)32-20-7-8-21(25)22(26)16-20/h2-8,15-16,19H,9-14H2,1H3,(H2,27,28,29,30). The zero-order chi connectivity index (χ0) is 22.3. The Kier molecular flexibility index (Phi) is 7.68. The van der Waals surface area contributed by atoms with Crippen LogP contribution in [-0.2, 0) is 0 Å². The summed E-state index contributed by atoms with van der Waals surface area (Å²) in [5.41, 5.74) is 1.89. The lowest BCUT2D eigenvalue weighted by molar-refractivity contribution is 0.103. The Hall–Kier alpha value is -2.54. The number of halogens is 2. The molecule has 0 atom stereocenters. The molecule has 1 fully saturated rings. The molecular weight excluding hydrogens is 445 g/mol. The van der Waals surface area contributed by atoms with Gasteiger partial charge in [-0.15, -0.1) is 0 Å². The van der Waals surface area contributed by atoms with Crippen molar-refractivity contribution < 1.29 is 4.74 Å². The summed E-state index contributed by atoms with van der Waals surface area (Å²) in [5.74, 6) is 2.20. The lowest BCUT2D eigenvalue weighted by Crippen LogP contribution is -2.40. The molecule has 1 aliphatic heterocycles. The quantitative estimate of drug-likeness (QED) is 0.433. The second-order valence-corrected chi connectivity index (χ2v) is 8.69. The van der Waals surface area contributed by atoms with Crippen LogP contribution in [0.2, 0.25) is 10.0 Å². The highest BCUT2D eigenvalue weighted by Gasteiger charge is 2.20. The van der Waals surface area contributed by atoms with E-state index in [-0.39, 0.29) is 6.10 Å². The largest absolute Gasteiger partial charge is 0.490 e. The van der Waals surface area contributed by atoms with Gasteiger partial charge in [0.15, 0.2) is 0 Å². The average molecular weight is 472 g/mol. The van der Waals surface area contributed by atoms with Crippen molar-refractivity contribution in [2.45, 2.75) is 25.9 Å². The lowest BCUT2D eigenvalue weighted by Gasteiger charge is -2.32. The van der Waals surface area contributed by atoms with Crippen molar-refractivity contribution in [1.29, 1.82) is 0 Å². The Bertz CT molecular complexity index is 1030. The molecule has 2 N–H and O–H groups in total. The van der Waals surface area contributed by atoms with E-state index < -0.39 is 0 Å². The number of para-hydroxylation sites is 1. The minimum absolute atomic E-state index is 0.201. The van der Waals surface area contributed by atoms with E-state index in [2.05, 4.69) is 25.5 Å². The Balaban J connectivity index is 1.22. The summed E-state index contributed by atoms with van der Waals surface area (Å²) in [6.45, 7) is 5.74. The first kappa shape index (κ1) is 22.6. The van der Waals surface area contributed by atoms with Gasteiger partial charge in [0, 0.05) is 49.7 Å². The lowest BCUT2D eigenvalue weighted by atomic mass is 10.1. The maximum atomic E-state index is 6.08. The van der Waals surface area contributed by atoms with Crippen LogP contribution >= 0.6 is 23.2 Å². The van der Waals surface area contributed by atoms with Crippen molar-refractivity contribution >= 4 is 40.7 Å². The monoisotopic (exact) mass is 471 g/mol. The second-order valence-electron chi connectivity index (χ2n) is 7.87.